The van der Waals surface area contributed by atoms with Gasteiger partial charge in [0.25, 0.3) is 0 Å². The number of halogens is 1. The van der Waals surface area contributed by atoms with Crippen LogP contribution in [0.25, 0.3) is 0 Å². The minimum absolute atomic E-state index is 0.100. The van der Waals surface area contributed by atoms with E-state index in [1.165, 1.54) is 50.7 Å². The van der Waals surface area contributed by atoms with Gasteiger partial charge in [-0.25, -0.2) is 9.18 Å². The molecule has 30 heavy (non-hydrogen) atoms. The molecule has 4 nitrogen and oxygen atoms in total. The number of carbonyl (C=O) groups is 1. The molecule has 2 fully saturated rings. The highest BCUT2D eigenvalue weighted by Crippen LogP contribution is 2.25. The van der Waals surface area contributed by atoms with Crippen molar-refractivity contribution in [3.8, 4) is 0 Å². The fraction of sp³-hybridized carbons (Fsp3) is 0.560. The molecule has 1 heterocycles. The molecule has 2 aliphatic carbocycles. The molecule has 1 aromatic heterocycles. The Morgan fingerprint density at radius 2 is 1.63 bits per heavy atom. The van der Waals surface area contributed by atoms with Crippen LogP contribution < -0.4 is 5.32 Å². The van der Waals surface area contributed by atoms with Gasteiger partial charge >= 0.3 is 6.03 Å². The highest BCUT2D eigenvalue weighted by Gasteiger charge is 2.28. The van der Waals surface area contributed by atoms with Crippen molar-refractivity contribution in [1.29, 1.82) is 0 Å². The first-order valence-corrected chi connectivity index (χ1v) is 11.6. The fourth-order valence-electron chi connectivity index (χ4n) is 4.97. The molecule has 0 spiro atoms. The van der Waals surface area contributed by atoms with Gasteiger partial charge in [0.1, 0.15) is 5.82 Å². The Labute approximate surface area is 179 Å². The Kier molecular flexibility index (Phi) is 7.08. The highest BCUT2D eigenvalue weighted by atomic mass is 19.1. The molecule has 0 radical (unpaired) electrons. The van der Waals surface area contributed by atoms with Crippen molar-refractivity contribution in [1.82, 2.24) is 14.8 Å². The average molecular weight is 412 g/mol. The first-order valence-electron chi connectivity index (χ1n) is 11.6. The van der Waals surface area contributed by atoms with E-state index >= 15 is 0 Å². The Morgan fingerprint density at radius 1 is 0.967 bits per heavy atom. The van der Waals surface area contributed by atoms with Crippen LogP contribution in [-0.4, -0.2) is 27.6 Å². The van der Waals surface area contributed by atoms with Crippen LogP contribution in [0.2, 0.25) is 0 Å². The van der Waals surface area contributed by atoms with Crippen molar-refractivity contribution in [2.75, 3.05) is 0 Å². The summed E-state index contributed by atoms with van der Waals surface area (Å²) in [6.45, 7) is 1.31. The molecule has 0 bridgehead atoms. The third-order valence-corrected chi connectivity index (χ3v) is 6.73. The van der Waals surface area contributed by atoms with E-state index in [1.54, 1.807) is 0 Å². The Hall–Kier alpha value is -2.30. The van der Waals surface area contributed by atoms with Gasteiger partial charge in [0.15, 0.2) is 0 Å². The van der Waals surface area contributed by atoms with Gasteiger partial charge in [-0.05, 0) is 55.5 Å². The van der Waals surface area contributed by atoms with Gasteiger partial charge in [0, 0.05) is 30.5 Å². The number of aromatic nitrogens is 1. The van der Waals surface area contributed by atoms with Crippen LogP contribution in [0.15, 0.2) is 42.6 Å². The van der Waals surface area contributed by atoms with Crippen LogP contribution in [0.3, 0.4) is 0 Å². The first-order chi connectivity index (χ1) is 14.7. The molecule has 1 N–H and O–H groups in total. The largest absolute Gasteiger partial charge is 0.345 e. The number of hydrogen-bond acceptors (Lipinski definition) is 1. The van der Waals surface area contributed by atoms with Crippen molar-refractivity contribution in [3.63, 3.8) is 0 Å². The van der Waals surface area contributed by atoms with Gasteiger partial charge in [0.05, 0.1) is 6.54 Å². The number of nitrogens with zero attached hydrogens (tertiary/aromatic N) is 2. The molecule has 2 saturated carbocycles. The smallest absolute Gasteiger partial charge is 0.318 e. The molecule has 4 rings (SSSR count). The van der Waals surface area contributed by atoms with Gasteiger partial charge in [-0.1, -0.05) is 50.7 Å². The van der Waals surface area contributed by atoms with E-state index in [-0.39, 0.29) is 11.8 Å². The summed E-state index contributed by atoms with van der Waals surface area (Å²) < 4.78 is 15.4. The van der Waals surface area contributed by atoms with E-state index in [9.17, 15) is 9.18 Å². The van der Waals surface area contributed by atoms with Gasteiger partial charge in [-0.3, -0.25) is 0 Å². The third kappa shape index (κ3) is 5.44. The van der Waals surface area contributed by atoms with Crippen molar-refractivity contribution in [3.05, 3.63) is 59.7 Å². The highest BCUT2D eigenvalue weighted by molar-refractivity contribution is 5.75. The van der Waals surface area contributed by atoms with Crippen molar-refractivity contribution in [2.45, 2.75) is 89.4 Å². The second kappa shape index (κ2) is 10.1. The summed E-state index contributed by atoms with van der Waals surface area (Å²) in [5.74, 6) is -0.214. The molecule has 0 unspecified atom stereocenters. The molecule has 2 aliphatic rings. The molecule has 1 aromatic carbocycles. The first kappa shape index (κ1) is 21.0. The second-order valence-corrected chi connectivity index (χ2v) is 8.96. The SMILES string of the molecule is O=C(NC1CCCCC1)N(Cc1cccn1Cc1ccc(F)cc1)C1CCCCC1. The van der Waals surface area contributed by atoms with E-state index < -0.39 is 0 Å². The standard InChI is InChI=1S/C25H34FN3O/c26-21-15-13-20(14-16-21)18-28-17-7-12-24(28)19-29(23-10-5-2-6-11-23)25(30)27-22-8-3-1-4-9-22/h7,12-17,22-23H,1-6,8-11,18-19H2,(H,27,30). The number of amides is 2. The molecule has 2 amide bonds. The number of hydrogen-bond donors (Lipinski definition) is 1. The Bertz CT molecular complexity index is 804. The minimum atomic E-state index is -0.214. The fourth-order valence-corrected chi connectivity index (χ4v) is 4.97. The number of urea groups is 1. The summed E-state index contributed by atoms with van der Waals surface area (Å²) >= 11 is 0. The predicted octanol–water partition coefficient (Wildman–Crippen LogP) is 5.85. The maximum absolute atomic E-state index is 13.3. The number of nitrogens with one attached hydrogen (secondary N) is 1. The number of rotatable bonds is 6. The zero-order valence-electron chi connectivity index (χ0n) is 17.9. The lowest BCUT2D eigenvalue weighted by atomic mass is 9.93. The van der Waals surface area contributed by atoms with Crippen molar-refractivity contribution < 1.29 is 9.18 Å². The van der Waals surface area contributed by atoms with E-state index in [4.69, 9.17) is 0 Å². The molecule has 0 atom stereocenters. The summed E-state index contributed by atoms with van der Waals surface area (Å²) in [7, 11) is 0. The Balaban J connectivity index is 1.48. The summed E-state index contributed by atoms with van der Waals surface area (Å²) in [6.07, 6.45) is 13.8. The maximum atomic E-state index is 13.3. The molecule has 2 aromatic rings. The maximum Gasteiger partial charge on any atom is 0.318 e. The number of benzene rings is 1. The van der Waals surface area contributed by atoms with Crippen LogP contribution in [-0.2, 0) is 13.1 Å². The summed E-state index contributed by atoms with van der Waals surface area (Å²) in [5.41, 5.74) is 2.19. The van der Waals surface area contributed by atoms with Gasteiger partial charge in [-0.2, -0.15) is 0 Å². The molecule has 162 valence electrons. The van der Waals surface area contributed by atoms with E-state index in [2.05, 4.69) is 27.0 Å². The molecular formula is C25H34FN3O. The monoisotopic (exact) mass is 411 g/mol. The van der Waals surface area contributed by atoms with Crippen molar-refractivity contribution in [2.24, 2.45) is 0 Å². The van der Waals surface area contributed by atoms with Gasteiger partial charge < -0.3 is 14.8 Å². The average Bonchev–Trinajstić information content (AvgIpc) is 3.21. The topological polar surface area (TPSA) is 37.3 Å². The molecule has 0 saturated heterocycles. The lowest BCUT2D eigenvalue weighted by Crippen LogP contribution is -2.50. The van der Waals surface area contributed by atoms with Crippen LogP contribution in [0.5, 0.6) is 0 Å². The van der Waals surface area contributed by atoms with Gasteiger partial charge in [-0.15, -0.1) is 0 Å². The lowest BCUT2D eigenvalue weighted by molar-refractivity contribution is 0.144. The van der Waals surface area contributed by atoms with Gasteiger partial charge in [0.2, 0.25) is 0 Å². The molecule has 0 aliphatic heterocycles. The second-order valence-electron chi connectivity index (χ2n) is 8.96. The zero-order valence-corrected chi connectivity index (χ0v) is 17.9. The van der Waals surface area contributed by atoms with E-state index in [0.29, 0.717) is 25.2 Å². The van der Waals surface area contributed by atoms with Crippen LogP contribution in [0.1, 0.15) is 75.5 Å². The molecule has 5 heteroatoms. The summed E-state index contributed by atoms with van der Waals surface area (Å²) in [4.78, 5) is 15.4. The number of carbonyl (C=O) groups excluding carboxylic acids is 1. The van der Waals surface area contributed by atoms with Crippen LogP contribution in [0, 0.1) is 5.82 Å². The van der Waals surface area contributed by atoms with Crippen molar-refractivity contribution >= 4 is 6.03 Å². The summed E-state index contributed by atoms with van der Waals surface area (Å²) in [5, 5.41) is 3.34. The quantitative estimate of drug-likeness (QED) is 0.636. The normalized spacial score (nSPS) is 18.3. The minimum Gasteiger partial charge on any atom is -0.345 e. The zero-order chi connectivity index (χ0) is 20.8. The van der Waals surface area contributed by atoms with E-state index in [1.807, 2.05) is 18.2 Å². The summed E-state index contributed by atoms with van der Waals surface area (Å²) in [6, 6.07) is 11.5. The lowest BCUT2D eigenvalue weighted by Gasteiger charge is -2.36. The van der Waals surface area contributed by atoms with E-state index in [0.717, 1.165) is 36.9 Å². The Morgan fingerprint density at radius 3 is 2.33 bits per heavy atom. The van der Waals surface area contributed by atoms with Crippen LogP contribution >= 0.6 is 0 Å². The van der Waals surface area contributed by atoms with Crippen LogP contribution in [0.4, 0.5) is 9.18 Å². The third-order valence-electron chi connectivity index (χ3n) is 6.73. The molecular weight excluding hydrogens is 377 g/mol. The predicted molar refractivity (Wildman–Crippen MR) is 118 cm³/mol.